The Morgan fingerprint density at radius 3 is 2.73 bits per heavy atom. The van der Waals surface area contributed by atoms with Gasteiger partial charge in [0.15, 0.2) is 0 Å². The molecule has 0 radical (unpaired) electrons. The number of anilines is 1. The van der Waals surface area contributed by atoms with Crippen molar-refractivity contribution in [3.05, 3.63) is 29.3 Å². The van der Waals surface area contributed by atoms with Crippen LogP contribution in [-0.4, -0.2) is 4.43 Å². The molecule has 0 amide bonds. The van der Waals surface area contributed by atoms with Gasteiger partial charge in [0, 0.05) is 10.1 Å². The molecule has 0 bridgehead atoms. The van der Waals surface area contributed by atoms with Gasteiger partial charge in [0.25, 0.3) is 0 Å². The SMILES string of the molecule is Cc1ccc(CCI)c(N)c1. The first kappa shape index (κ1) is 8.84. The van der Waals surface area contributed by atoms with Gasteiger partial charge in [-0.3, -0.25) is 0 Å². The fourth-order valence-electron chi connectivity index (χ4n) is 1.04. The van der Waals surface area contributed by atoms with Gasteiger partial charge in [0.05, 0.1) is 0 Å². The van der Waals surface area contributed by atoms with Gasteiger partial charge in [-0.1, -0.05) is 34.7 Å². The van der Waals surface area contributed by atoms with E-state index in [0.29, 0.717) is 0 Å². The average Bonchev–Trinajstić information content (AvgIpc) is 1.95. The fourth-order valence-corrected chi connectivity index (χ4v) is 1.62. The molecule has 0 aliphatic heterocycles. The number of hydrogen-bond acceptors (Lipinski definition) is 1. The molecule has 0 atom stereocenters. The lowest BCUT2D eigenvalue weighted by Crippen LogP contribution is -1.95. The van der Waals surface area contributed by atoms with Crippen LogP contribution in [0, 0.1) is 6.92 Å². The van der Waals surface area contributed by atoms with Crippen molar-refractivity contribution < 1.29 is 0 Å². The third kappa shape index (κ3) is 2.36. The molecule has 0 spiro atoms. The van der Waals surface area contributed by atoms with Gasteiger partial charge in [-0.2, -0.15) is 0 Å². The Morgan fingerprint density at radius 2 is 2.18 bits per heavy atom. The smallest absolute Gasteiger partial charge is 0.0349 e. The molecule has 0 heterocycles. The van der Waals surface area contributed by atoms with E-state index in [-0.39, 0.29) is 0 Å². The second kappa shape index (κ2) is 3.95. The molecule has 1 aromatic carbocycles. The summed E-state index contributed by atoms with van der Waals surface area (Å²) >= 11 is 2.36. The first-order valence-electron chi connectivity index (χ1n) is 3.65. The lowest BCUT2D eigenvalue weighted by molar-refractivity contribution is 1.18. The Morgan fingerprint density at radius 1 is 1.45 bits per heavy atom. The summed E-state index contributed by atoms with van der Waals surface area (Å²) in [7, 11) is 0. The highest BCUT2D eigenvalue weighted by atomic mass is 127. The van der Waals surface area contributed by atoms with Crippen LogP contribution in [0.2, 0.25) is 0 Å². The molecule has 11 heavy (non-hydrogen) atoms. The Balaban J connectivity index is 2.90. The minimum Gasteiger partial charge on any atom is -0.398 e. The lowest BCUT2D eigenvalue weighted by atomic mass is 10.1. The predicted octanol–water partition coefficient (Wildman–Crippen LogP) is 2.55. The quantitative estimate of drug-likeness (QED) is 0.494. The number of rotatable bonds is 2. The number of nitrogen functional groups attached to an aromatic ring is 1. The molecule has 0 aromatic heterocycles. The van der Waals surface area contributed by atoms with Crippen LogP contribution in [0.5, 0.6) is 0 Å². The molecular formula is C9H12IN. The third-order valence-electron chi connectivity index (χ3n) is 1.67. The molecular weight excluding hydrogens is 249 g/mol. The Kier molecular flexibility index (Phi) is 3.17. The number of nitrogens with two attached hydrogens (primary N) is 1. The Hall–Kier alpha value is -0.250. The first-order valence-corrected chi connectivity index (χ1v) is 5.17. The van der Waals surface area contributed by atoms with Gasteiger partial charge >= 0.3 is 0 Å². The van der Waals surface area contributed by atoms with Crippen LogP contribution in [0.3, 0.4) is 0 Å². The van der Waals surface area contributed by atoms with Crippen molar-refractivity contribution in [1.29, 1.82) is 0 Å². The highest BCUT2D eigenvalue weighted by Crippen LogP contribution is 2.14. The van der Waals surface area contributed by atoms with Gasteiger partial charge < -0.3 is 5.73 Å². The Bertz CT molecular complexity index is 245. The minimum absolute atomic E-state index is 0.932. The summed E-state index contributed by atoms with van der Waals surface area (Å²) < 4.78 is 1.13. The second-order valence-electron chi connectivity index (χ2n) is 2.64. The van der Waals surface area contributed by atoms with Crippen molar-refractivity contribution in [2.45, 2.75) is 13.3 Å². The van der Waals surface area contributed by atoms with E-state index in [1.165, 1.54) is 11.1 Å². The molecule has 0 fully saturated rings. The average molecular weight is 261 g/mol. The second-order valence-corrected chi connectivity index (χ2v) is 3.72. The zero-order valence-corrected chi connectivity index (χ0v) is 8.76. The number of halogens is 1. The van der Waals surface area contributed by atoms with Crippen LogP contribution >= 0.6 is 22.6 Å². The first-order chi connectivity index (χ1) is 5.24. The number of aryl methyl sites for hydroxylation is 2. The largest absolute Gasteiger partial charge is 0.398 e. The van der Waals surface area contributed by atoms with Gasteiger partial charge in [-0.05, 0) is 30.5 Å². The molecule has 1 aromatic rings. The van der Waals surface area contributed by atoms with Gasteiger partial charge in [0.1, 0.15) is 0 Å². The maximum Gasteiger partial charge on any atom is 0.0349 e. The molecule has 60 valence electrons. The molecule has 1 nitrogen and oxygen atoms in total. The summed E-state index contributed by atoms with van der Waals surface area (Å²) in [6.07, 6.45) is 1.08. The zero-order chi connectivity index (χ0) is 8.27. The van der Waals surface area contributed by atoms with Crippen molar-refractivity contribution >= 4 is 28.3 Å². The van der Waals surface area contributed by atoms with Crippen LogP contribution in [0.15, 0.2) is 18.2 Å². The van der Waals surface area contributed by atoms with E-state index in [1.54, 1.807) is 0 Å². The van der Waals surface area contributed by atoms with E-state index in [4.69, 9.17) is 5.73 Å². The zero-order valence-electron chi connectivity index (χ0n) is 6.60. The number of alkyl halides is 1. The van der Waals surface area contributed by atoms with Crippen LogP contribution < -0.4 is 5.73 Å². The summed E-state index contributed by atoms with van der Waals surface area (Å²) in [4.78, 5) is 0. The number of hydrogen-bond donors (Lipinski definition) is 1. The highest BCUT2D eigenvalue weighted by Gasteiger charge is 1.96. The summed E-state index contributed by atoms with van der Waals surface area (Å²) in [5, 5.41) is 0. The third-order valence-corrected chi connectivity index (χ3v) is 2.20. The van der Waals surface area contributed by atoms with E-state index in [1.807, 2.05) is 6.07 Å². The van der Waals surface area contributed by atoms with Crippen molar-refractivity contribution in [2.75, 3.05) is 10.2 Å². The van der Waals surface area contributed by atoms with Crippen LogP contribution in [0.4, 0.5) is 5.69 Å². The lowest BCUT2D eigenvalue weighted by Gasteiger charge is -2.03. The van der Waals surface area contributed by atoms with Gasteiger partial charge in [0.2, 0.25) is 0 Å². The van der Waals surface area contributed by atoms with Crippen molar-refractivity contribution in [2.24, 2.45) is 0 Å². The maximum absolute atomic E-state index is 5.80. The number of benzene rings is 1. The standard InChI is InChI=1S/C9H12IN/c1-7-2-3-8(4-5-10)9(11)6-7/h2-3,6H,4-5,11H2,1H3. The van der Waals surface area contributed by atoms with E-state index < -0.39 is 0 Å². The fraction of sp³-hybridized carbons (Fsp3) is 0.333. The molecule has 0 saturated heterocycles. The van der Waals surface area contributed by atoms with E-state index in [9.17, 15) is 0 Å². The van der Waals surface area contributed by atoms with Crippen LogP contribution in [0.25, 0.3) is 0 Å². The summed E-state index contributed by atoms with van der Waals surface area (Å²) in [5.41, 5.74) is 9.24. The van der Waals surface area contributed by atoms with E-state index >= 15 is 0 Å². The summed E-state index contributed by atoms with van der Waals surface area (Å²) in [6.45, 7) is 2.06. The van der Waals surface area contributed by atoms with Gasteiger partial charge in [-0.15, -0.1) is 0 Å². The summed E-state index contributed by atoms with van der Waals surface area (Å²) in [6, 6.07) is 6.25. The highest BCUT2D eigenvalue weighted by molar-refractivity contribution is 14.1. The molecule has 0 unspecified atom stereocenters. The summed E-state index contributed by atoms with van der Waals surface area (Å²) in [5.74, 6) is 0. The van der Waals surface area contributed by atoms with E-state index in [0.717, 1.165) is 16.5 Å². The molecule has 2 N–H and O–H groups in total. The van der Waals surface area contributed by atoms with Crippen molar-refractivity contribution in [1.82, 2.24) is 0 Å². The molecule has 0 aliphatic rings. The monoisotopic (exact) mass is 261 g/mol. The van der Waals surface area contributed by atoms with Crippen LogP contribution in [0.1, 0.15) is 11.1 Å². The maximum atomic E-state index is 5.80. The predicted molar refractivity (Wildman–Crippen MR) is 58.2 cm³/mol. The van der Waals surface area contributed by atoms with E-state index in [2.05, 4.69) is 41.6 Å². The Labute approximate surface area is 81.1 Å². The minimum atomic E-state index is 0.932. The molecule has 0 aliphatic carbocycles. The van der Waals surface area contributed by atoms with Crippen molar-refractivity contribution in [3.8, 4) is 0 Å². The van der Waals surface area contributed by atoms with Crippen molar-refractivity contribution in [3.63, 3.8) is 0 Å². The molecule has 2 heteroatoms. The molecule has 0 saturated carbocycles. The normalized spacial score (nSPS) is 10.0. The molecule has 1 rings (SSSR count). The topological polar surface area (TPSA) is 26.0 Å². The van der Waals surface area contributed by atoms with Gasteiger partial charge in [-0.25, -0.2) is 0 Å². The van der Waals surface area contributed by atoms with Crippen LogP contribution in [-0.2, 0) is 6.42 Å².